The molecule has 0 radical (unpaired) electrons. The number of carbonyl (C=O) groups is 2. The van der Waals surface area contributed by atoms with Crippen molar-refractivity contribution in [2.45, 2.75) is 11.7 Å². The van der Waals surface area contributed by atoms with Crippen LogP contribution in [0.4, 0.5) is 5.69 Å². The smallest absolute Gasteiger partial charge is 0.237 e. The summed E-state index contributed by atoms with van der Waals surface area (Å²) in [5, 5.41) is 13.6. The molecular formula is C20H17N5O3S. The average Bonchev–Trinajstić information content (AvgIpc) is 3.36. The number of nitrogens with two attached hydrogens (primary N) is 1. The number of amides is 2. The van der Waals surface area contributed by atoms with Crippen molar-refractivity contribution in [3.05, 3.63) is 60.9 Å². The van der Waals surface area contributed by atoms with Crippen molar-refractivity contribution in [1.29, 1.82) is 0 Å². The number of primary amides is 1. The van der Waals surface area contributed by atoms with Crippen LogP contribution >= 0.6 is 11.8 Å². The summed E-state index contributed by atoms with van der Waals surface area (Å²) in [7, 11) is 0. The summed E-state index contributed by atoms with van der Waals surface area (Å²) in [5.74, 6) is 0.206. The Hall–Kier alpha value is -3.59. The molecule has 0 aliphatic heterocycles. The summed E-state index contributed by atoms with van der Waals surface area (Å²) >= 11 is 1.17. The number of fused-ring (bicyclic) bond motifs is 1. The molecule has 4 aromatic rings. The van der Waals surface area contributed by atoms with E-state index in [1.54, 1.807) is 12.1 Å². The third kappa shape index (κ3) is 4.30. The van der Waals surface area contributed by atoms with Crippen molar-refractivity contribution >= 4 is 40.0 Å². The molecule has 0 aliphatic rings. The van der Waals surface area contributed by atoms with Crippen LogP contribution < -0.4 is 11.1 Å². The fraction of sp³-hybridized carbons (Fsp3) is 0.100. The van der Waals surface area contributed by atoms with E-state index < -0.39 is 5.91 Å². The van der Waals surface area contributed by atoms with Crippen LogP contribution in [0.2, 0.25) is 0 Å². The molecule has 0 atom stereocenters. The topological polar surface area (TPSA) is 116 Å². The van der Waals surface area contributed by atoms with Gasteiger partial charge in [-0.15, -0.1) is 10.2 Å². The van der Waals surface area contributed by atoms with Crippen molar-refractivity contribution in [3.8, 4) is 11.6 Å². The normalized spacial score (nSPS) is 10.9. The van der Waals surface area contributed by atoms with E-state index in [1.165, 1.54) is 22.6 Å². The minimum absolute atomic E-state index is 0.0991. The molecular weight excluding hydrogens is 390 g/mol. The summed E-state index contributed by atoms with van der Waals surface area (Å²) < 4.78 is 6.87. The molecule has 8 nitrogen and oxygen atoms in total. The van der Waals surface area contributed by atoms with Crippen molar-refractivity contribution in [2.75, 3.05) is 11.1 Å². The maximum Gasteiger partial charge on any atom is 0.237 e. The highest BCUT2D eigenvalue weighted by atomic mass is 32.2. The summed E-state index contributed by atoms with van der Waals surface area (Å²) in [6.07, 6.45) is 1.50. The van der Waals surface area contributed by atoms with Crippen LogP contribution in [-0.2, 0) is 16.1 Å². The Bertz CT molecular complexity index is 1170. The zero-order valence-corrected chi connectivity index (χ0v) is 16.1. The molecule has 0 saturated heterocycles. The van der Waals surface area contributed by atoms with Crippen molar-refractivity contribution < 1.29 is 14.0 Å². The number of carbonyl (C=O) groups excluding carboxylic acids is 2. The Labute approximate surface area is 170 Å². The predicted octanol–water partition coefficient (Wildman–Crippen LogP) is 2.91. The summed E-state index contributed by atoms with van der Waals surface area (Å²) in [5.41, 5.74) is 6.06. The number of anilines is 1. The summed E-state index contributed by atoms with van der Waals surface area (Å²) in [6.45, 7) is -0.113. The monoisotopic (exact) mass is 407 g/mol. The third-order valence-electron chi connectivity index (χ3n) is 4.14. The van der Waals surface area contributed by atoms with Crippen LogP contribution in [-0.4, -0.2) is 32.3 Å². The molecule has 29 heavy (non-hydrogen) atoms. The van der Waals surface area contributed by atoms with Gasteiger partial charge in [0.1, 0.15) is 6.54 Å². The van der Waals surface area contributed by atoms with Gasteiger partial charge in [-0.3, -0.25) is 14.2 Å². The first-order valence-corrected chi connectivity index (χ1v) is 9.75. The van der Waals surface area contributed by atoms with Gasteiger partial charge in [0.15, 0.2) is 10.9 Å². The van der Waals surface area contributed by atoms with E-state index >= 15 is 0 Å². The van der Waals surface area contributed by atoms with Crippen LogP contribution in [0.25, 0.3) is 22.4 Å². The van der Waals surface area contributed by atoms with Gasteiger partial charge in [0.05, 0.1) is 12.0 Å². The average molecular weight is 407 g/mol. The lowest BCUT2D eigenvalue weighted by atomic mass is 10.1. The summed E-state index contributed by atoms with van der Waals surface area (Å²) in [4.78, 5) is 23.8. The van der Waals surface area contributed by atoms with Gasteiger partial charge >= 0.3 is 0 Å². The zero-order valence-electron chi connectivity index (χ0n) is 15.2. The van der Waals surface area contributed by atoms with Gasteiger partial charge in [0, 0.05) is 5.69 Å². The molecule has 2 aromatic carbocycles. The van der Waals surface area contributed by atoms with E-state index in [2.05, 4.69) is 15.5 Å². The molecule has 0 aliphatic carbocycles. The van der Waals surface area contributed by atoms with E-state index in [-0.39, 0.29) is 18.2 Å². The molecule has 2 amide bonds. The number of hydrogen-bond donors (Lipinski definition) is 2. The lowest BCUT2D eigenvalue weighted by Crippen LogP contribution is -2.20. The second-order valence-corrected chi connectivity index (χ2v) is 7.18. The number of benzene rings is 2. The van der Waals surface area contributed by atoms with Crippen molar-refractivity contribution in [1.82, 2.24) is 14.8 Å². The Kier molecular flexibility index (Phi) is 5.30. The zero-order chi connectivity index (χ0) is 20.2. The first-order chi connectivity index (χ1) is 14.1. The number of thioether (sulfide) groups is 1. The highest BCUT2D eigenvalue weighted by molar-refractivity contribution is 7.99. The maximum atomic E-state index is 12.4. The molecule has 0 fully saturated rings. The summed E-state index contributed by atoms with van der Waals surface area (Å²) in [6, 6.07) is 17.1. The van der Waals surface area contributed by atoms with Gasteiger partial charge in [0.2, 0.25) is 17.6 Å². The maximum absolute atomic E-state index is 12.4. The van der Waals surface area contributed by atoms with Gasteiger partial charge in [-0.25, -0.2) is 0 Å². The van der Waals surface area contributed by atoms with E-state index in [0.29, 0.717) is 22.4 Å². The predicted molar refractivity (Wildman–Crippen MR) is 110 cm³/mol. The van der Waals surface area contributed by atoms with E-state index in [9.17, 15) is 9.59 Å². The van der Waals surface area contributed by atoms with E-state index in [0.717, 1.165) is 10.8 Å². The number of hydrogen-bond acceptors (Lipinski definition) is 6. The Morgan fingerprint density at radius 1 is 1.07 bits per heavy atom. The fourth-order valence-corrected chi connectivity index (χ4v) is 3.61. The molecule has 0 spiro atoms. The molecule has 0 unspecified atom stereocenters. The molecule has 4 rings (SSSR count). The minimum Gasteiger partial charge on any atom is -0.461 e. The first kappa shape index (κ1) is 18.8. The van der Waals surface area contributed by atoms with Crippen molar-refractivity contribution in [3.63, 3.8) is 0 Å². The number of nitrogens with zero attached hydrogens (tertiary/aromatic N) is 3. The van der Waals surface area contributed by atoms with Crippen LogP contribution in [0.15, 0.2) is 70.4 Å². The number of furan rings is 1. The van der Waals surface area contributed by atoms with Gasteiger partial charge < -0.3 is 15.5 Å². The number of nitrogens with one attached hydrogen (secondary N) is 1. The van der Waals surface area contributed by atoms with Gasteiger partial charge in [-0.2, -0.15) is 0 Å². The molecule has 9 heteroatoms. The van der Waals surface area contributed by atoms with Gasteiger partial charge in [-0.05, 0) is 35.0 Å². The standard InChI is InChI=1S/C20H17N5O3S/c21-17(26)11-25-19(16-6-3-9-28-16)23-24-20(25)29-12-18(27)22-15-8-7-13-4-1-2-5-14(13)10-15/h1-10H,11-12H2,(H2,21,26)(H,22,27). The molecule has 146 valence electrons. The first-order valence-electron chi connectivity index (χ1n) is 8.77. The third-order valence-corrected chi connectivity index (χ3v) is 5.10. The fourth-order valence-electron chi connectivity index (χ4n) is 2.88. The van der Waals surface area contributed by atoms with Gasteiger partial charge in [-0.1, -0.05) is 42.1 Å². The Morgan fingerprint density at radius 3 is 2.66 bits per heavy atom. The van der Waals surface area contributed by atoms with Crippen LogP contribution in [0, 0.1) is 0 Å². The lowest BCUT2D eigenvalue weighted by molar-refractivity contribution is -0.118. The SMILES string of the molecule is NC(=O)Cn1c(SCC(=O)Nc2ccc3ccccc3c2)nnc1-c1ccco1. The largest absolute Gasteiger partial charge is 0.461 e. The Balaban J connectivity index is 1.46. The second kappa shape index (κ2) is 8.19. The highest BCUT2D eigenvalue weighted by Gasteiger charge is 2.18. The lowest BCUT2D eigenvalue weighted by Gasteiger charge is -2.08. The van der Waals surface area contributed by atoms with Crippen molar-refractivity contribution in [2.24, 2.45) is 5.73 Å². The van der Waals surface area contributed by atoms with Crippen LogP contribution in [0.3, 0.4) is 0 Å². The van der Waals surface area contributed by atoms with E-state index in [4.69, 9.17) is 10.2 Å². The highest BCUT2D eigenvalue weighted by Crippen LogP contribution is 2.25. The molecule has 0 saturated carbocycles. The second-order valence-electron chi connectivity index (χ2n) is 6.23. The van der Waals surface area contributed by atoms with Crippen LogP contribution in [0.5, 0.6) is 0 Å². The molecule has 2 aromatic heterocycles. The quantitative estimate of drug-likeness (QED) is 0.455. The Morgan fingerprint density at radius 2 is 1.90 bits per heavy atom. The molecule has 0 bridgehead atoms. The van der Waals surface area contributed by atoms with Gasteiger partial charge in [0.25, 0.3) is 0 Å². The van der Waals surface area contributed by atoms with Crippen LogP contribution in [0.1, 0.15) is 0 Å². The van der Waals surface area contributed by atoms with E-state index in [1.807, 2.05) is 42.5 Å². The minimum atomic E-state index is -0.542. The molecule has 2 heterocycles. The molecule has 3 N–H and O–H groups in total. The number of aromatic nitrogens is 3. The number of rotatable bonds is 7.